The number of piperazine rings is 1. The van der Waals surface area contributed by atoms with Gasteiger partial charge in [0, 0.05) is 36.9 Å². The standard InChI is InChI=1S/C21H20ClFN6O2/c1-14-15(22)5-4-7-17(14)26-20-19(29(30)31)21(25-13-24-20)28-11-9-27(10-12-28)18-8-3-2-6-16(18)23/h2-8,13H,9-12H2,1H3,(H,24,25,26). The molecule has 2 heterocycles. The van der Waals surface area contributed by atoms with Gasteiger partial charge in [-0.1, -0.05) is 29.8 Å². The molecule has 31 heavy (non-hydrogen) atoms. The summed E-state index contributed by atoms with van der Waals surface area (Å²) in [7, 11) is 0. The molecule has 8 nitrogen and oxygen atoms in total. The Bertz CT molecular complexity index is 1120. The summed E-state index contributed by atoms with van der Waals surface area (Å²) in [6.45, 7) is 3.76. The fourth-order valence-corrected chi connectivity index (χ4v) is 3.77. The van der Waals surface area contributed by atoms with Crippen LogP contribution in [0.3, 0.4) is 0 Å². The van der Waals surface area contributed by atoms with Gasteiger partial charge in [-0.3, -0.25) is 10.1 Å². The molecule has 1 aliphatic heterocycles. The summed E-state index contributed by atoms with van der Waals surface area (Å²) in [5.41, 5.74) is 1.71. The van der Waals surface area contributed by atoms with Crippen molar-refractivity contribution in [1.29, 1.82) is 0 Å². The molecule has 1 fully saturated rings. The van der Waals surface area contributed by atoms with E-state index in [1.807, 2.05) is 16.7 Å². The Morgan fingerprint density at radius 1 is 1.06 bits per heavy atom. The zero-order chi connectivity index (χ0) is 22.0. The van der Waals surface area contributed by atoms with Gasteiger partial charge < -0.3 is 15.1 Å². The van der Waals surface area contributed by atoms with Gasteiger partial charge in [-0.05, 0) is 36.8 Å². The summed E-state index contributed by atoms with van der Waals surface area (Å²) >= 11 is 6.16. The van der Waals surface area contributed by atoms with Gasteiger partial charge in [0.2, 0.25) is 11.6 Å². The largest absolute Gasteiger partial charge is 0.366 e. The molecular formula is C21H20ClFN6O2. The van der Waals surface area contributed by atoms with Crippen molar-refractivity contribution >= 4 is 40.3 Å². The van der Waals surface area contributed by atoms with Crippen LogP contribution in [-0.4, -0.2) is 41.1 Å². The second kappa shape index (κ2) is 8.73. The molecule has 160 valence electrons. The number of aromatic nitrogens is 2. The van der Waals surface area contributed by atoms with E-state index in [-0.39, 0.29) is 23.1 Å². The number of halogens is 2. The van der Waals surface area contributed by atoms with E-state index >= 15 is 0 Å². The molecule has 0 bridgehead atoms. The zero-order valence-electron chi connectivity index (χ0n) is 16.8. The first-order valence-electron chi connectivity index (χ1n) is 9.71. The topological polar surface area (TPSA) is 87.4 Å². The van der Waals surface area contributed by atoms with Crippen LogP contribution in [-0.2, 0) is 0 Å². The minimum atomic E-state index is -0.485. The fraction of sp³-hybridized carbons (Fsp3) is 0.238. The molecule has 4 rings (SSSR count). The average Bonchev–Trinajstić information content (AvgIpc) is 2.77. The van der Waals surface area contributed by atoms with Gasteiger partial charge in [-0.25, -0.2) is 14.4 Å². The monoisotopic (exact) mass is 442 g/mol. The van der Waals surface area contributed by atoms with Crippen molar-refractivity contribution in [1.82, 2.24) is 9.97 Å². The number of hydrogen-bond donors (Lipinski definition) is 1. The minimum Gasteiger partial charge on any atom is -0.366 e. The molecule has 0 aliphatic carbocycles. The summed E-state index contributed by atoms with van der Waals surface area (Å²) in [5, 5.41) is 15.5. The predicted octanol–water partition coefficient (Wildman–Crippen LogP) is 4.56. The second-order valence-electron chi connectivity index (χ2n) is 7.11. The van der Waals surface area contributed by atoms with Gasteiger partial charge in [-0.2, -0.15) is 0 Å². The van der Waals surface area contributed by atoms with E-state index in [2.05, 4.69) is 15.3 Å². The Morgan fingerprint density at radius 3 is 2.48 bits per heavy atom. The normalized spacial score (nSPS) is 13.9. The third-order valence-electron chi connectivity index (χ3n) is 5.28. The number of rotatable bonds is 5. The van der Waals surface area contributed by atoms with Gasteiger partial charge >= 0.3 is 5.69 Å². The van der Waals surface area contributed by atoms with Crippen molar-refractivity contribution < 1.29 is 9.31 Å². The van der Waals surface area contributed by atoms with Crippen LogP contribution < -0.4 is 15.1 Å². The highest BCUT2D eigenvalue weighted by atomic mass is 35.5. The lowest BCUT2D eigenvalue weighted by atomic mass is 10.2. The maximum atomic E-state index is 14.1. The van der Waals surface area contributed by atoms with Crippen molar-refractivity contribution in [3.8, 4) is 0 Å². The van der Waals surface area contributed by atoms with Crippen molar-refractivity contribution in [2.24, 2.45) is 0 Å². The van der Waals surface area contributed by atoms with Gasteiger partial charge in [0.1, 0.15) is 12.1 Å². The molecular weight excluding hydrogens is 423 g/mol. The Balaban J connectivity index is 1.59. The number of nitrogens with one attached hydrogen (secondary N) is 1. The molecule has 0 saturated carbocycles. The number of para-hydroxylation sites is 1. The number of nitrogens with zero attached hydrogens (tertiary/aromatic N) is 5. The average molecular weight is 443 g/mol. The van der Waals surface area contributed by atoms with E-state index in [9.17, 15) is 14.5 Å². The lowest BCUT2D eigenvalue weighted by Crippen LogP contribution is -2.47. The first kappa shape index (κ1) is 20.8. The minimum absolute atomic E-state index is 0.0944. The summed E-state index contributed by atoms with van der Waals surface area (Å²) < 4.78 is 14.1. The van der Waals surface area contributed by atoms with Crippen LogP contribution in [0.4, 0.5) is 33.1 Å². The molecule has 10 heteroatoms. The fourth-order valence-electron chi connectivity index (χ4n) is 3.60. The van der Waals surface area contributed by atoms with Crippen molar-refractivity contribution in [2.75, 3.05) is 41.3 Å². The van der Waals surface area contributed by atoms with Crippen LogP contribution in [0.25, 0.3) is 0 Å². The lowest BCUT2D eigenvalue weighted by molar-refractivity contribution is -0.383. The SMILES string of the molecule is Cc1c(Cl)cccc1Nc1ncnc(N2CCN(c3ccccc3F)CC2)c1[N+](=O)[O-]. The molecule has 0 atom stereocenters. The van der Waals surface area contributed by atoms with Crippen LogP contribution in [0.15, 0.2) is 48.8 Å². The number of benzene rings is 2. The van der Waals surface area contributed by atoms with E-state index in [1.54, 1.807) is 36.4 Å². The van der Waals surface area contributed by atoms with Crippen LogP contribution in [0.2, 0.25) is 5.02 Å². The number of anilines is 4. The molecule has 2 aromatic carbocycles. The van der Waals surface area contributed by atoms with Gasteiger partial charge in [0.25, 0.3) is 0 Å². The number of hydrogen-bond acceptors (Lipinski definition) is 7. The van der Waals surface area contributed by atoms with Crippen LogP contribution in [0.1, 0.15) is 5.56 Å². The molecule has 0 amide bonds. The molecule has 0 radical (unpaired) electrons. The highest BCUT2D eigenvalue weighted by Gasteiger charge is 2.30. The first-order valence-corrected chi connectivity index (χ1v) is 10.1. The highest BCUT2D eigenvalue weighted by Crippen LogP contribution is 2.35. The Labute approximate surface area is 183 Å². The van der Waals surface area contributed by atoms with Crippen LogP contribution in [0.5, 0.6) is 0 Å². The molecule has 1 aromatic heterocycles. The summed E-state index contributed by atoms with van der Waals surface area (Å²) in [4.78, 5) is 23.5. The smallest absolute Gasteiger partial charge is 0.353 e. The van der Waals surface area contributed by atoms with E-state index < -0.39 is 4.92 Å². The summed E-state index contributed by atoms with van der Waals surface area (Å²) in [6.07, 6.45) is 1.30. The summed E-state index contributed by atoms with van der Waals surface area (Å²) in [6, 6.07) is 11.9. The maximum Gasteiger partial charge on any atom is 0.353 e. The van der Waals surface area contributed by atoms with E-state index in [0.29, 0.717) is 42.6 Å². The van der Waals surface area contributed by atoms with E-state index in [0.717, 1.165) is 5.56 Å². The van der Waals surface area contributed by atoms with Crippen molar-refractivity contribution in [3.63, 3.8) is 0 Å². The van der Waals surface area contributed by atoms with Gasteiger partial charge in [-0.15, -0.1) is 0 Å². The first-order chi connectivity index (χ1) is 15.0. The van der Waals surface area contributed by atoms with Gasteiger partial charge in [0.05, 0.1) is 10.6 Å². The van der Waals surface area contributed by atoms with E-state index in [4.69, 9.17) is 11.6 Å². The zero-order valence-corrected chi connectivity index (χ0v) is 17.5. The maximum absolute atomic E-state index is 14.1. The lowest BCUT2D eigenvalue weighted by Gasteiger charge is -2.36. The molecule has 1 saturated heterocycles. The van der Waals surface area contributed by atoms with Crippen molar-refractivity contribution in [3.05, 3.63) is 75.3 Å². The predicted molar refractivity (Wildman–Crippen MR) is 119 cm³/mol. The molecule has 0 spiro atoms. The molecule has 0 unspecified atom stereocenters. The Hall–Kier alpha value is -3.46. The second-order valence-corrected chi connectivity index (χ2v) is 7.52. The van der Waals surface area contributed by atoms with E-state index in [1.165, 1.54) is 12.4 Å². The van der Waals surface area contributed by atoms with Crippen LogP contribution >= 0.6 is 11.6 Å². The third kappa shape index (κ3) is 4.22. The van der Waals surface area contributed by atoms with Crippen molar-refractivity contribution in [2.45, 2.75) is 6.92 Å². The van der Waals surface area contributed by atoms with Gasteiger partial charge in [0.15, 0.2) is 0 Å². The summed E-state index contributed by atoms with van der Waals surface area (Å²) in [5.74, 6) is 0.0413. The molecule has 1 N–H and O–H groups in total. The quantitative estimate of drug-likeness (QED) is 0.458. The number of nitro groups is 1. The van der Waals surface area contributed by atoms with Crippen LogP contribution in [0, 0.1) is 22.9 Å². The molecule has 3 aromatic rings. The molecule has 1 aliphatic rings. The third-order valence-corrected chi connectivity index (χ3v) is 5.69. The Kier molecular flexibility index (Phi) is 5.85. The Morgan fingerprint density at radius 2 is 1.77 bits per heavy atom. The highest BCUT2D eigenvalue weighted by molar-refractivity contribution is 6.31.